The van der Waals surface area contributed by atoms with Gasteiger partial charge in [-0.2, -0.15) is 0 Å². The van der Waals surface area contributed by atoms with Gasteiger partial charge in [0.05, 0.1) is 6.04 Å². The largest absolute Gasteiger partial charge is 0.370 e. The number of carbonyl (C=O) groups is 4. The molecule has 48 heavy (non-hydrogen) atoms. The van der Waals surface area contributed by atoms with Gasteiger partial charge in [0.1, 0.15) is 18.1 Å². The predicted molar refractivity (Wildman–Crippen MR) is 185 cm³/mol. The summed E-state index contributed by atoms with van der Waals surface area (Å²) in [6.45, 7) is 0.241. The number of aromatic amines is 1. The highest BCUT2D eigenvalue weighted by Crippen LogP contribution is 2.19. The fourth-order valence-corrected chi connectivity index (χ4v) is 5.36. The summed E-state index contributed by atoms with van der Waals surface area (Å²) in [7, 11) is 0. The predicted octanol–water partition coefficient (Wildman–Crippen LogP) is 0.516. The van der Waals surface area contributed by atoms with Gasteiger partial charge in [-0.25, -0.2) is 0 Å². The van der Waals surface area contributed by atoms with Crippen LogP contribution < -0.4 is 38.9 Å². The maximum atomic E-state index is 14.0. The van der Waals surface area contributed by atoms with E-state index in [1.807, 2.05) is 84.9 Å². The van der Waals surface area contributed by atoms with Gasteiger partial charge in [0.2, 0.25) is 23.6 Å². The van der Waals surface area contributed by atoms with Crippen molar-refractivity contribution in [3.63, 3.8) is 0 Å². The average Bonchev–Trinajstić information content (AvgIpc) is 3.48. The molecule has 0 aliphatic rings. The van der Waals surface area contributed by atoms with Crippen LogP contribution in [-0.4, -0.2) is 65.3 Å². The molecule has 1 heterocycles. The van der Waals surface area contributed by atoms with E-state index in [0.29, 0.717) is 6.42 Å². The molecule has 3 aromatic carbocycles. The number of nitrogens with one attached hydrogen (secondary N) is 4. The van der Waals surface area contributed by atoms with Gasteiger partial charge in [-0.3, -0.25) is 24.2 Å². The van der Waals surface area contributed by atoms with Crippen LogP contribution in [0, 0.1) is 0 Å². The molecule has 4 aromatic rings. The minimum atomic E-state index is -1.13. The Kier molecular flexibility index (Phi) is 12.7. The first-order valence-corrected chi connectivity index (χ1v) is 15.7. The molecule has 0 saturated heterocycles. The molecule has 0 aliphatic carbocycles. The van der Waals surface area contributed by atoms with Crippen molar-refractivity contribution in [1.82, 2.24) is 20.9 Å². The molecule has 1 aromatic heterocycles. The molecule has 13 nitrogen and oxygen atoms in total. The van der Waals surface area contributed by atoms with Crippen LogP contribution in [0.15, 0.2) is 96.1 Å². The van der Waals surface area contributed by atoms with E-state index >= 15 is 0 Å². The van der Waals surface area contributed by atoms with Crippen molar-refractivity contribution in [2.75, 3.05) is 6.54 Å². The SMILES string of the molecule is NC(=O)[C@H](CCCN=C(N)N)NC(=O)[C@@H](Cc1c[nH]c2ccccc12)NC(=O)[C@H](Cc1ccccc1)NC(=O)[C@@H](N)Cc1ccccc1. The maximum absolute atomic E-state index is 14.0. The molecular formula is C35H43N9O4. The highest BCUT2D eigenvalue weighted by molar-refractivity contribution is 5.95. The number of aromatic nitrogens is 1. The topological polar surface area (TPSA) is 237 Å². The van der Waals surface area contributed by atoms with Crippen molar-refractivity contribution >= 4 is 40.5 Å². The molecule has 0 aliphatic heterocycles. The molecule has 0 saturated carbocycles. The van der Waals surface area contributed by atoms with E-state index < -0.39 is 47.8 Å². The Morgan fingerprint density at radius 1 is 0.667 bits per heavy atom. The van der Waals surface area contributed by atoms with Gasteiger partial charge in [0, 0.05) is 36.5 Å². The lowest BCUT2D eigenvalue weighted by Gasteiger charge is -2.25. The Hall–Kier alpha value is -5.69. The monoisotopic (exact) mass is 653 g/mol. The van der Waals surface area contributed by atoms with Crippen LogP contribution in [0.1, 0.15) is 29.5 Å². The van der Waals surface area contributed by atoms with Crippen LogP contribution in [0.3, 0.4) is 0 Å². The number of hydrogen-bond donors (Lipinski definition) is 8. The number of nitrogens with zero attached hydrogens (tertiary/aromatic N) is 1. The summed E-state index contributed by atoms with van der Waals surface area (Å²) in [6.07, 6.45) is 2.82. The van der Waals surface area contributed by atoms with Crippen LogP contribution in [0.2, 0.25) is 0 Å². The number of carbonyl (C=O) groups excluding carboxylic acids is 4. The minimum absolute atomic E-state index is 0.0839. The highest BCUT2D eigenvalue weighted by Gasteiger charge is 2.31. The number of primary amides is 1. The van der Waals surface area contributed by atoms with E-state index in [1.165, 1.54) is 0 Å². The summed E-state index contributed by atoms with van der Waals surface area (Å²) < 4.78 is 0. The number of nitrogens with two attached hydrogens (primary N) is 4. The summed E-state index contributed by atoms with van der Waals surface area (Å²) in [5, 5.41) is 9.19. The van der Waals surface area contributed by atoms with E-state index in [2.05, 4.69) is 25.9 Å². The van der Waals surface area contributed by atoms with Gasteiger partial charge in [0.15, 0.2) is 5.96 Å². The van der Waals surface area contributed by atoms with Gasteiger partial charge >= 0.3 is 0 Å². The average molecular weight is 654 g/mol. The molecule has 0 radical (unpaired) electrons. The lowest BCUT2D eigenvalue weighted by Crippen LogP contribution is -2.58. The number of H-pyrrole nitrogens is 1. The van der Waals surface area contributed by atoms with E-state index in [9.17, 15) is 19.2 Å². The van der Waals surface area contributed by atoms with Crippen molar-refractivity contribution in [3.05, 3.63) is 108 Å². The number of benzene rings is 3. The minimum Gasteiger partial charge on any atom is -0.370 e. The zero-order valence-corrected chi connectivity index (χ0v) is 26.6. The number of guanidine groups is 1. The van der Waals surface area contributed by atoms with Crippen LogP contribution in [0.5, 0.6) is 0 Å². The molecular weight excluding hydrogens is 610 g/mol. The van der Waals surface area contributed by atoms with Crippen LogP contribution >= 0.6 is 0 Å². The fourth-order valence-electron chi connectivity index (χ4n) is 5.36. The van der Waals surface area contributed by atoms with E-state index in [1.54, 1.807) is 6.20 Å². The van der Waals surface area contributed by atoms with Gasteiger partial charge < -0.3 is 43.9 Å². The Morgan fingerprint density at radius 2 is 1.21 bits per heavy atom. The number of rotatable bonds is 17. The van der Waals surface area contributed by atoms with E-state index in [0.717, 1.165) is 27.6 Å². The first kappa shape index (κ1) is 35.2. The second-order valence-corrected chi connectivity index (χ2v) is 11.6. The summed E-state index contributed by atoms with van der Waals surface area (Å²) in [5.41, 5.74) is 25.9. The maximum Gasteiger partial charge on any atom is 0.243 e. The van der Waals surface area contributed by atoms with E-state index in [-0.39, 0.29) is 38.2 Å². The third kappa shape index (κ3) is 10.4. The van der Waals surface area contributed by atoms with Crippen molar-refractivity contribution in [2.24, 2.45) is 27.9 Å². The number of fused-ring (bicyclic) bond motifs is 1. The number of amides is 4. The molecule has 12 N–H and O–H groups in total. The second kappa shape index (κ2) is 17.3. The normalized spacial score (nSPS) is 13.4. The molecule has 252 valence electrons. The molecule has 0 bridgehead atoms. The zero-order valence-electron chi connectivity index (χ0n) is 26.6. The zero-order chi connectivity index (χ0) is 34.5. The molecule has 4 atom stereocenters. The number of aliphatic imine (C=N–C) groups is 1. The van der Waals surface area contributed by atoms with Crippen LogP contribution in [0.4, 0.5) is 0 Å². The number of para-hydroxylation sites is 1. The van der Waals surface area contributed by atoms with Crippen LogP contribution in [0.25, 0.3) is 10.9 Å². The third-order valence-electron chi connectivity index (χ3n) is 7.89. The standard InChI is InChI=1S/C35H43N9O4/c36-26(18-22-10-3-1-4-11-22)32(46)43-29(19-23-12-5-2-6-13-23)33(47)44-30(20-24-21-41-27-15-8-7-14-25(24)27)34(48)42-28(31(37)45)16-9-17-40-35(38)39/h1-8,10-15,21,26,28-30,41H,9,16-20,36H2,(H2,37,45)(H,42,48)(H,43,46)(H,44,47)(H4,38,39,40)/t26-,28-,29-,30+/m0/s1. The van der Waals surface area contributed by atoms with Crippen molar-refractivity contribution < 1.29 is 19.2 Å². The highest BCUT2D eigenvalue weighted by atomic mass is 16.2. The molecule has 4 amide bonds. The Labute approximate surface area is 278 Å². The first-order valence-electron chi connectivity index (χ1n) is 15.7. The molecule has 4 rings (SSSR count). The van der Waals surface area contributed by atoms with Gasteiger partial charge in [0.25, 0.3) is 0 Å². The lowest BCUT2D eigenvalue weighted by atomic mass is 10.0. The van der Waals surface area contributed by atoms with Crippen molar-refractivity contribution in [1.29, 1.82) is 0 Å². The molecule has 0 spiro atoms. The van der Waals surface area contributed by atoms with E-state index in [4.69, 9.17) is 22.9 Å². The van der Waals surface area contributed by atoms with Crippen molar-refractivity contribution in [2.45, 2.75) is 56.3 Å². The van der Waals surface area contributed by atoms with Crippen LogP contribution in [-0.2, 0) is 38.4 Å². The molecule has 0 fully saturated rings. The van der Waals surface area contributed by atoms with Gasteiger partial charge in [-0.05, 0) is 42.0 Å². The molecule has 13 heteroatoms. The Balaban J connectivity index is 1.56. The Bertz CT molecular complexity index is 1700. The third-order valence-corrected chi connectivity index (χ3v) is 7.89. The summed E-state index contributed by atoms with van der Waals surface area (Å²) in [5.74, 6) is -2.56. The Morgan fingerprint density at radius 3 is 1.83 bits per heavy atom. The van der Waals surface area contributed by atoms with Gasteiger partial charge in [-0.15, -0.1) is 0 Å². The fraction of sp³-hybridized carbons (Fsp3) is 0.286. The summed E-state index contributed by atoms with van der Waals surface area (Å²) in [4.78, 5) is 60.4. The first-order chi connectivity index (χ1) is 23.1. The quantitative estimate of drug-likeness (QED) is 0.0456. The smallest absolute Gasteiger partial charge is 0.243 e. The lowest BCUT2D eigenvalue weighted by molar-refractivity contribution is -0.133. The number of hydrogen-bond acceptors (Lipinski definition) is 6. The molecule has 0 unspecified atom stereocenters. The second-order valence-electron chi connectivity index (χ2n) is 11.6. The van der Waals surface area contributed by atoms with Crippen molar-refractivity contribution in [3.8, 4) is 0 Å². The summed E-state index contributed by atoms with van der Waals surface area (Å²) in [6, 6.07) is 21.9. The van der Waals surface area contributed by atoms with Gasteiger partial charge in [-0.1, -0.05) is 78.9 Å². The summed E-state index contributed by atoms with van der Waals surface area (Å²) >= 11 is 0.